The lowest BCUT2D eigenvalue weighted by Crippen LogP contribution is -2.29. The summed E-state index contributed by atoms with van der Waals surface area (Å²) in [7, 11) is 0. The minimum atomic E-state index is 0.0944. The Bertz CT molecular complexity index is 556. The fourth-order valence-electron chi connectivity index (χ4n) is 1.93. The number of hydrogen-bond donors (Lipinski definition) is 2. The lowest BCUT2D eigenvalue weighted by atomic mass is 10.0. The smallest absolute Gasteiger partial charge is 0.0548 e. The van der Waals surface area contributed by atoms with Crippen molar-refractivity contribution in [3.63, 3.8) is 0 Å². The van der Waals surface area contributed by atoms with Gasteiger partial charge in [-0.1, -0.05) is 24.6 Å². The van der Waals surface area contributed by atoms with Crippen LogP contribution in [0.1, 0.15) is 28.3 Å². The molecule has 0 aliphatic carbocycles. The SMILES string of the molecule is CCc1ccc(CC(NN)c2ccc(Cl)c(Br)c2)s1. The Labute approximate surface area is 131 Å². The Morgan fingerprint density at radius 1 is 1.32 bits per heavy atom. The fraction of sp³-hybridized carbons (Fsp3) is 0.286. The molecule has 0 radical (unpaired) electrons. The number of hydrogen-bond acceptors (Lipinski definition) is 3. The van der Waals surface area contributed by atoms with E-state index in [0.29, 0.717) is 5.02 Å². The Kier molecular flexibility index (Phi) is 5.42. The van der Waals surface area contributed by atoms with Crippen LogP contribution in [0.2, 0.25) is 5.02 Å². The summed E-state index contributed by atoms with van der Waals surface area (Å²) in [5.74, 6) is 5.69. The van der Waals surface area contributed by atoms with E-state index in [1.165, 1.54) is 9.75 Å². The van der Waals surface area contributed by atoms with Crippen LogP contribution >= 0.6 is 38.9 Å². The average molecular weight is 360 g/mol. The third-order valence-electron chi connectivity index (χ3n) is 3.02. The van der Waals surface area contributed by atoms with Gasteiger partial charge in [-0.15, -0.1) is 11.3 Å². The van der Waals surface area contributed by atoms with Gasteiger partial charge in [0.2, 0.25) is 0 Å². The van der Waals surface area contributed by atoms with Gasteiger partial charge in [-0.25, -0.2) is 0 Å². The lowest BCUT2D eigenvalue weighted by molar-refractivity contribution is 0.555. The van der Waals surface area contributed by atoms with Crippen molar-refractivity contribution >= 4 is 38.9 Å². The molecule has 1 atom stereocenters. The van der Waals surface area contributed by atoms with Gasteiger partial charge < -0.3 is 0 Å². The molecule has 0 amide bonds. The molecule has 0 spiro atoms. The van der Waals surface area contributed by atoms with Gasteiger partial charge in [-0.3, -0.25) is 11.3 Å². The van der Waals surface area contributed by atoms with Crippen LogP contribution < -0.4 is 11.3 Å². The normalized spacial score (nSPS) is 12.6. The fourth-order valence-corrected chi connectivity index (χ4v) is 3.44. The third kappa shape index (κ3) is 3.80. The molecule has 2 rings (SSSR count). The number of hydrazine groups is 1. The number of thiophene rings is 1. The molecule has 19 heavy (non-hydrogen) atoms. The van der Waals surface area contributed by atoms with Crippen LogP contribution in [-0.2, 0) is 12.8 Å². The standard InChI is InChI=1S/C14H16BrClN2S/c1-2-10-4-5-11(19-10)8-14(18-17)9-3-6-13(16)12(15)7-9/h3-7,14,18H,2,8,17H2,1H3. The highest BCUT2D eigenvalue weighted by Crippen LogP contribution is 2.28. The second-order valence-corrected chi connectivity index (χ2v) is 6.83. The zero-order chi connectivity index (χ0) is 13.8. The number of benzene rings is 1. The maximum Gasteiger partial charge on any atom is 0.0548 e. The van der Waals surface area contributed by atoms with Gasteiger partial charge in [0, 0.05) is 20.6 Å². The van der Waals surface area contributed by atoms with E-state index in [0.717, 1.165) is 22.9 Å². The predicted octanol–water partition coefficient (Wildman–Crippen LogP) is 4.47. The van der Waals surface area contributed by atoms with Gasteiger partial charge in [0.25, 0.3) is 0 Å². The Hall–Kier alpha value is -0.390. The molecule has 0 fully saturated rings. The van der Waals surface area contributed by atoms with Crippen LogP contribution in [0.15, 0.2) is 34.8 Å². The van der Waals surface area contributed by atoms with E-state index in [-0.39, 0.29) is 6.04 Å². The first-order valence-corrected chi connectivity index (χ1v) is 8.11. The number of nitrogens with one attached hydrogen (secondary N) is 1. The van der Waals surface area contributed by atoms with Gasteiger partial charge in [0.05, 0.1) is 11.1 Å². The second kappa shape index (κ2) is 6.86. The van der Waals surface area contributed by atoms with E-state index in [4.69, 9.17) is 17.4 Å². The minimum Gasteiger partial charge on any atom is -0.271 e. The molecule has 5 heteroatoms. The van der Waals surface area contributed by atoms with Crippen molar-refractivity contribution < 1.29 is 0 Å². The van der Waals surface area contributed by atoms with E-state index >= 15 is 0 Å². The molecule has 1 unspecified atom stereocenters. The number of halogens is 2. The Morgan fingerprint density at radius 2 is 2.05 bits per heavy atom. The largest absolute Gasteiger partial charge is 0.271 e. The molecular formula is C14H16BrClN2S. The van der Waals surface area contributed by atoms with Crippen molar-refractivity contribution in [3.8, 4) is 0 Å². The second-order valence-electron chi connectivity index (χ2n) is 4.32. The van der Waals surface area contributed by atoms with Crippen LogP contribution in [0.5, 0.6) is 0 Å². The monoisotopic (exact) mass is 358 g/mol. The Morgan fingerprint density at radius 3 is 2.63 bits per heavy atom. The quantitative estimate of drug-likeness (QED) is 0.610. The van der Waals surface area contributed by atoms with Crippen molar-refractivity contribution in [2.24, 2.45) is 5.84 Å². The number of nitrogens with two attached hydrogens (primary N) is 1. The first-order chi connectivity index (χ1) is 9.13. The molecule has 3 N–H and O–H groups in total. The molecule has 1 aromatic heterocycles. The average Bonchev–Trinajstić information content (AvgIpc) is 2.87. The zero-order valence-electron chi connectivity index (χ0n) is 10.6. The first-order valence-electron chi connectivity index (χ1n) is 6.12. The van der Waals surface area contributed by atoms with Crippen LogP contribution in [0, 0.1) is 0 Å². The molecular weight excluding hydrogens is 344 g/mol. The molecule has 0 saturated heterocycles. The molecule has 102 valence electrons. The first kappa shape index (κ1) is 15.0. The maximum absolute atomic E-state index is 6.01. The molecule has 2 aromatic rings. The van der Waals surface area contributed by atoms with Gasteiger partial charge in [0.1, 0.15) is 0 Å². The van der Waals surface area contributed by atoms with Gasteiger partial charge >= 0.3 is 0 Å². The lowest BCUT2D eigenvalue weighted by Gasteiger charge is -2.16. The Balaban J connectivity index is 2.17. The van der Waals surface area contributed by atoms with Crippen LogP contribution in [0.25, 0.3) is 0 Å². The molecule has 2 nitrogen and oxygen atoms in total. The highest BCUT2D eigenvalue weighted by atomic mass is 79.9. The van der Waals surface area contributed by atoms with Gasteiger partial charge in [-0.2, -0.15) is 0 Å². The van der Waals surface area contributed by atoms with Gasteiger partial charge in [-0.05, 0) is 52.2 Å². The maximum atomic E-state index is 6.01. The topological polar surface area (TPSA) is 38.0 Å². The van der Waals surface area contributed by atoms with E-state index < -0.39 is 0 Å². The number of rotatable bonds is 5. The van der Waals surface area contributed by atoms with Crippen LogP contribution in [0.3, 0.4) is 0 Å². The van der Waals surface area contributed by atoms with Crippen molar-refractivity contribution in [1.82, 2.24) is 5.43 Å². The third-order valence-corrected chi connectivity index (χ3v) is 5.48. The van der Waals surface area contributed by atoms with E-state index in [1.54, 1.807) is 0 Å². The summed E-state index contributed by atoms with van der Waals surface area (Å²) < 4.78 is 0.896. The van der Waals surface area contributed by atoms with Crippen molar-refractivity contribution in [2.45, 2.75) is 25.8 Å². The molecule has 0 saturated carbocycles. The number of aryl methyl sites for hydroxylation is 1. The van der Waals surface area contributed by atoms with Crippen LogP contribution in [0.4, 0.5) is 0 Å². The van der Waals surface area contributed by atoms with Crippen molar-refractivity contribution in [3.05, 3.63) is 55.1 Å². The van der Waals surface area contributed by atoms with Crippen molar-refractivity contribution in [1.29, 1.82) is 0 Å². The highest BCUT2D eigenvalue weighted by Gasteiger charge is 2.13. The van der Waals surface area contributed by atoms with Gasteiger partial charge in [0.15, 0.2) is 0 Å². The highest BCUT2D eigenvalue weighted by molar-refractivity contribution is 9.10. The summed E-state index contributed by atoms with van der Waals surface area (Å²) in [5, 5.41) is 0.712. The zero-order valence-corrected chi connectivity index (χ0v) is 13.8. The van der Waals surface area contributed by atoms with E-state index in [2.05, 4.69) is 40.4 Å². The van der Waals surface area contributed by atoms with Crippen LogP contribution in [-0.4, -0.2) is 0 Å². The van der Waals surface area contributed by atoms with E-state index in [9.17, 15) is 0 Å². The minimum absolute atomic E-state index is 0.0944. The van der Waals surface area contributed by atoms with Crippen molar-refractivity contribution in [2.75, 3.05) is 0 Å². The molecule has 1 aromatic carbocycles. The summed E-state index contributed by atoms with van der Waals surface area (Å²) in [6.45, 7) is 2.17. The summed E-state index contributed by atoms with van der Waals surface area (Å²) in [4.78, 5) is 2.74. The summed E-state index contributed by atoms with van der Waals surface area (Å²) >= 11 is 11.3. The summed E-state index contributed by atoms with van der Waals surface area (Å²) in [5.41, 5.74) is 4.01. The molecule has 0 aliphatic heterocycles. The molecule has 0 bridgehead atoms. The molecule has 1 heterocycles. The summed E-state index contributed by atoms with van der Waals surface area (Å²) in [6.07, 6.45) is 1.97. The summed E-state index contributed by atoms with van der Waals surface area (Å²) in [6, 6.07) is 10.4. The molecule has 0 aliphatic rings. The predicted molar refractivity (Wildman–Crippen MR) is 86.6 cm³/mol. The van der Waals surface area contributed by atoms with E-state index in [1.807, 2.05) is 29.5 Å².